The second-order valence-electron chi connectivity index (χ2n) is 4.48. The van der Waals surface area contributed by atoms with Crippen LogP contribution in [0.5, 0.6) is 0 Å². The molecule has 1 heterocycles. The minimum atomic E-state index is -0.406. The van der Waals surface area contributed by atoms with E-state index in [0.717, 1.165) is 5.69 Å². The molecule has 2 aromatic rings. The van der Waals surface area contributed by atoms with Crippen molar-refractivity contribution in [3.63, 3.8) is 0 Å². The summed E-state index contributed by atoms with van der Waals surface area (Å²) < 4.78 is 15.8. The predicted molar refractivity (Wildman–Crippen MR) is 69.2 cm³/mol. The van der Waals surface area contributed by atoms with Crippen LogP contribution in [-0.4, -0.2) is 9.55 Å². The first-order valence-corrected chi connectivity index (χ1v) is 6.32. The van der Waals surface area contributed by atoms with Crippen LogP contribution in [0, 0.1) is 5.82 Å². The highest BCUT2D eigenvalue weighted by Crippen LogP contribution is 2.35. The fourth-order valence-electron chi connectivity index (χ4n) is 1.98. The molecule has 3 rings (SSSR count). The van der Waals surface area contributed by atoms with Crippen molar-refractivity contribution in [1.29, 1.82) is 0 Å². The third-order valence-corrected chi connectivity index (χ3v) is 3.39. The van der Waals surface area contributed by atoms with Crippen LogP contribution < -0.4 is 5.32 Å². The Labute approximate surface area is 110 Å². The van der Waals surface area contributed by atoms with Gasteiger partial charge in [0.05, 0.1) is 29.3 Å². The summed E-state index contributed by atoms with van der Waals surface area (Å²) in [7, 11) is 0. The normalized spacial score (nSPS) is 14.8. The third-order valence-electron chi connectivity index (χ3n) is 3.10. The maximum atomic E-state index is 13.7. The SMILES string of the molecule is Fc1c(Cl)cccc1NCc1cncn1C1CC1. The zero-order valence-corrected chi connectivity index (χ0v) is 10.5. The van der Waals surface area contributed by atoms with Crippen molar-refractivity contribution in [1.82, 2.24) is 9.55 Å². The highest BCUT2D eigenvalue weighted by atomic mass is 35.5. The van der Waals surface area contributed by atoms with Crippen LogP contribution in [-0.2, 0) is 6.54 Å². The number of imidazole rings is 1. The zero-order valence-electron chi connectivity index (χ0n) is 9.74. The molecule has 0 unspecified atom stereocenters. The maximum Gasteiger partial charge on any atom is 0.164 e. The number of benzene rings is 1. The van der Waals surface area contributed by atoms with Crippen molar-refractivity contribution in [3.05, 3.63) is 47.3 Å². The topological polar surface area (TPSA) is 29.9 Å². The summed E-state index contributed by atoms with van der Waals surface area (Å²) >= 11 is 5.73. The van der Waals surface area contributed by atoms with E-state index >= 15 is 0 Å². The van der Waals surface area contributed by atoms with Gasteiger partial charge in [0.2, 0.25) is 0 Å². The highest BCUT2D eigenvalue weighted by molar-refractivity contribution is 6.31. The number of nitrogens with one attached hydrogen (secondary N) is 1. The van der Waals surface area contributed by atoms with Crippen LogP contribution in [0.1, 0.15) is 24.6 Å². The van der Waals surface area contributed by atoms with Gasteiger partial charge in [-0.2, -0.15) is 0 Å². The molecule has 0 radical (unpaired) electrons. The van der Waals surface area contributed by atoms with E-state index in [1.165, 1.54) is 18.9 Å². The van der Waals surface area contributed by atoms with Crippen LogP contribution in [0.25, 0.3) is 0 Å². The minimum absolute atomic E-state index is 0.135. The van der Waals surface area contributed by atoms with Crippen molar-refractivity contribution in [2.45, 2.75) is 25.4 Å². The number of anilines is 1. The lowest BCUT2D eigenvalue weighted by Gasteiger charge is -2.10. The van der Waals surface area contributed by atoms with Gasteiger partial charge in [0, 0.05) is 12.2 Å². The Hall–Kier alpha value is -1.55. The lowest BCUT2D eigenvalue weighted by molar-refractivity contribution is 0.629. The number of halogens is 2. The lowest BCUT2D eigenvalue weighted by atomic mass is 10.3. The molecule has 0 atom stereocenters. The number of hydrogen-bond donors (Lipinski definition) is 1. The first kappa shape index (κ1) is 11.5. The van der Waals surface area contributed by atoms with Crippen LogP contribution in [0.4, 0.5) is 10.1 Å². The van der Waals surface area contributed by atoms with Crippen LogP contribution in [0.2, 0.25) is 5.02 Å². The summed E-state index contributed by atoms with van der Waals surface area (Å²) in [6.45, 7) is 0.549. The Bertz CT molecular complexity index is 563. The Morgan fingerprint density at radius 2 is 2.28 bits per heavy atom. The smallest absolute Gasteiger partial charge is 0.164 e. The Balaban J connectivity index is 1.74. The van der Waals surface area contributed by atoms with Gasteiger partial charge in [-0.05, 0) is 25.0 Å². The van der Waals surface area contributed by atoms with E-state index in [1.54, 1.807) is 12.1 Å². The molecule has 0 saturated heterocycles. The van der Waals surface area contributed by atoms with Gasteiger partial charge in [-0.3, -0.25) is 0 Å². The fraction of sp³-hybridized carbons (Fsp3) is 0.308. The lowest BCUT2D eigenvalue weighted by Crippen LogP contribution is -2.07. The second kappa shape index (κ2) is 4.61. The summed E-state index contributed by atoms with van der Waals surface area (Å²) in [5.74, 6) is -0.406. The first-order valence-electron chi connectivity index (χ1n) is 5.94. The van der Waals surface area contributed by atoms with E-state index in [4.69, 9.17) is 11.6 Å². The molecular weight excluding hydrogens is 253 g/mol. The average Bonchev–Trinajstić information content (AvgIpc) is 3.11. The van der Waals surface area contributed by atoms with Crippen molar-refractivity contribution in [2.75, 3.05) is 5.32 Å². The average molecular weight is 266 g/mol. The molecule has 1 aliphatic carbocycles. The number of nitrogens with zero attached hydrogens (tertiary/aromatic N) is 2. The Morgan fingerprint density at radius 3 is 3.06 bits per heavy atom. The molecule has 0 bridgehead atoms. The predicted octanol–water partition coefficient (Wildman–Crippen LogP) is 3.62. The van der Waals surface area contributed by atoms with Gasteiger partial charge in [0.25, 0.3) is 0 Å². The summed E-state index contributed by atoms with van der Waals surface area (Å²) in [5, 5.41) is 3.19. The Morgan fingerprint density at radius 1 is 1.44 bits per heavy atom. The van der Waals surface area contributed by atoms with E-state index < -0.39 is 5.82 Å². The van der Waals surface area contributed by atoms with Gasteiger partial charge in [0.1, 0.15) is 0 Å². The van der Waals surface area contributed by atoms with Crippen molar-refractivity contribution < 1.29 is 4.39 Å². The molecule has 1 N–H and O–H groups in total. The van der Waals surface area contributed by atoms with Gasteiger partial charge in [-0.25, -0.2) is 9.37 Å². The summed E-state index contributed by atoms with van der Waals surface area (Å²) in [4.78, 5) is 4.14. The summed E-state index contributed by atoms with van der Waals surface area (Å²) in [5.41, 5.74) is 1.49. The molecule has 1 fully saturated rings. The number of aromatic nitrogens is 2. The number of hydrogen-bond acceptors (Lipinski definition) is 2. The van der Waals surface area contributed by atoms with E-state index in [0.29, 0.717) is 18.3 Å². The van der Waals surface area contributed by atoms with Crippen molar-refractivity contribution in [2.24, 2.45) is 0 Å². The molecule has 0 aliphatic heterocycles. The molecular formula is C13H13ClFN3. The molecule has 1 aromatic carbocycles. The summed E-state index contributed by atoms with van der Waals surface area (Å²) in [6, 6.07) is 5.52. The van der Waals surface area contributed by atoms with E-state index in [-0.39, 0.29) is 5.02 Å². The summed E-state index contributed by atoms with van der Waals surface area (Å²) in [6.07, 6.45) is 6.06. The first-order chi connectivity index (χ1) is 8.75. The fourth-order valence-corrected chi connectivity index (χ4v) is 2.15. The standard InChI is InChI=1S/C13H13ClFN3/c14-11-2-1-3-12(13(11)15)17-7-10-6-16-8-18(10)9-4-5-9/h1-3,6,8-9,17H,4-5,7H2. The van der Waals surface area contributed by atoms with Gasteiger partial charge >= 0.3 is 0 Å². The zero-order chi connectivity index (χ0) is 12.5. The van der Waals surface area contributed by atoms with Crippen LogP contribution >= 0.6 is 11.6 Å². The Kier molecular flexibility index (Phi) is 2.96. The molecule has 0 amide bonds. The van der Waals surface area contributed by atoms with Crippen molar-refractivity contribution in [3.8, 4) is 0 Å². The van der Waals surface area contributed by atoms with E-state index in [9.17, 15) is 4.39 Å². The van der Waals surface area contributed by atoms with Crippen LogP contribution in [0.3, 0.4) is 0 Å². The van der Waals surface area contributed by atoms with Gasteiger partial charge in [0.15, 0.2) is 5.82 Å². The second-order valence-corrected chi connectivity index (χ2v) is 4.89. The van der Waals surface area contributed by atoms with Gasteiger partial charge < -0.3 is 9.88 Å². The monoisotopic (exact) mass is 265 g/mol. The van der Waals surface area contributed by atoms with Crippen molar-refractivity contribution >= 4 is 17.3 Å². The molecule has 18 heavy (non-hydrogen) atoms. The van der Waals surface area contributed by atoms with Crippen LogP contribution in [0.15, 0.2) is 30.7 Å². The molecule has 94 valence electrons. The van der Waals surface area contributed by atoms with E-state index in [1.807, 2.05) is 12.5 Å². The van der Waals surface area contributed by atoms with E-state index in [2.05, 4.69) is 14.9 Å². The molecule has 0 spiro atoms. The molecule has 1 aromatic heterocycles. The maximum absolute atomic E-state index is 13.7. The number of rotatable bonds is 4. The quantitative estimate of drug-likeness (QED) is 0.915. The molecule has 1 aliphatic rings. The highest BCUT2D eigenvalue weighted by Gasteiger charge is 2.25. The minimum Gasteiger partial charge on any atom is -0.377 e. The molecule has 1 saturated carbocycles. The molecule has 5 heteroatoms. The van der Waals surface area contributed by atoms with Gasteiger partial charge in [-0.15, -0.1) is 0 Å². The largest absolute Gasteiger partial charge is 0.377 e. The third kappa shape index (κ3) is 2.20. The molecule has 3 nitrogen and oxygen atoms in total. The van der Waals surface area contributed by atoms with Gasteiger partial charge in [-0.1, -0.05) is 17.7 Å².